The lowest BCUT2D eigenvalue weighted by Crippen LogP contribution is -2.32. The summed E-state index contributed by atoms with van der Waals surface area (Å²) in [4.78, 5) is 11.7. The van der Waals surface area contributed by atoms with Crippen LogP contribution in [0.3, 0.4) is 0 Å². The lowest BCUT2D eigenvalue weighted by Gasteiger charge is -2.33. The van der Waals surface area contributed by atoms with Gasteiger partial charge in [0.1, 0.15) is 4.33 Å². The first-order valence-electron chi connectivity index (χ1n) is 7.02. The predicted molar refractivity (Wildman–Crippen MR) is 94.1 cm³/mol. The van der Waals surface area contributed by atoms with Crippen molar-refractivity contribution in [3.63, 3.8) is 0 Å². The minimum atomic E-state index is -1.15. The van der Waals surface area contributed by atoms with Crippen molar-refractivity contribution in [1.82, 2.24) is 0 Å². The molecule has 22 heavy (non-hydrogen) atoms. The van der Waals surface area contributed by atoms with Gasteiger partial charge in [-0.3, -0.25) is 4.79 Å². The molecule has 0 heterocycles. The maximum Gasteiger partial charge on any atom is 0.306 e. The fourth-order valence-electron chi connectivity index (χ4n) is 2.01. The minimum absolute atomic E-state index is 0.208. The molecule has 1 atom stereocenters. The van der Waals surface area contributed by atoms with Crippen LogP contribution in [0.4, 0.5) is 0 Å². The Balaban J connectivity index is 2.78. The van der Waals surface area contributed by atoms with E-state index in [1.165, 1.54) is 0 Å². The number of esters is 1. The Morgan fingerprint density at radius 3 is 2.27 bits per heavy atom. The van der Waals surface area contributed by atoms with E-state index in [1.54, 1.807) is 31.2 Å². The molecule has 0 aliphatic rings. The van der Waals surface area contributed by atoms with Crippen LogP contribution in [0.2, 0.25) is 5.02 Å². The average Bonchev–Trinajstić information content (AvgIpc) is 2.38. The monoisotopic (exact) mass is 384 g/mol. The third-order valence-electron chi connectivity index (χ3n) is 3.46. The Morgan fingerprint density at radius 2 is 1.77 bits per heavy atom. The van der Waals surface area contributed by atoms with E-state index in [0.717, 1.165) is 5.56 Å². The van der Waals surface area contributed by atoms with E-state index in [1.807, 2.05) is 13.8 Å². The highest BCUT2D eigenvalue weighted by Crippen LogP contribution is 2.44. The van der Waals surface area contributed by atoms with Gasteiger partial charge < -0.3 is 4.74 Å². The summed E-state index contributed by atoms with van der Waals surface area (Å²) in [5.41, 5.74) is 0.229. The van der Waals surface area contributed by atoms with E-state index in [-0.39, 0.29) is 12.4 Å². The molecule has 2 nitrogen and oxygen atoms in total. The second-order valence-corrected chi connectivity index (χ2v) is 8.30. The zero-order valence-corrected chi connectivity index (χ0v) is 15.9. The molecule has 0 N–H and O–H groups in total. The third kappa shape index (κ3) is 5.81. The van der Waals surface area contributed by atoms with Crippen molar-refractivity contribution >= 4 is 52.4 Å². The van der Waals surface area contributed by atoms with Crippen LogP contribution in [0.15, 0.2) is 24.3 Å². The molecule has 1 aromatic rings. The van der Waals surface area contributed by atoms with Gasteiger partial charge in [0, 0.05) is 16.8 Å². The summed E-state index contributed by atoms with van der Waals surface area (Å²) < 4.78 is 3.83. The smallest absolute Gasteiger partial charge is 0.306 e. The SMILES string of the molecule is CCOC(=O)CC(C)(C)C(Cl)CC(Cl)(Cl)c1ccc(Cl)cc1. The number of carbonyl (C=O) groups is 1. The van der Waals surface area contributed by atoms with Crippen LogP contribution in [0.25, 0.3) is 0 Å². The average molecular weight is 386 g/mol. The van der Waals surface area contributed by atoms with Gasteiger partial charge in [-0.1, -0.05) is 60.8 Å². The summed E-state index contributed by atoms with van der Waals surface area (Å²) >= 11 is 25.2. The highest BCUT2D eigenvalue weighted by molar-refractivity contribution is 6.48. The van der Waals surface area contributed by atoms with Gasteiger partial charge in [-0.2, -0.15) is 0 Å². The lowest BCUT2D eigenvalue weighted by molar-refractivity contribution is -0.145. The molecule has 0 spiro atoms. The fraction of sp³-hybridized carbons (Fsp3) is 0.562. The van der Waals surface area contributed by atoms with Crippen LogP contribution in [-0.4, -0.2) is 18.0 Å². The molecule has 1 unspecified atom stereocenters. The molecule has 0 radical (unpaired) electrons. The Morgan fingerprint density at radius 1 is 1.23 bits per heavy atom. The second kappa shape index (κ2) is 8.10. The predicted octanol–water partition coefficient (Wildman–Crippen LogP) is 5.95. The third-order valence-corrected chi connectivity index (χ3v) is 5.20. The van der Waals surface area contributed by atoms with E-state index >= 15 is 0 Å². The fourth-order valence-corrected chi connectivity index (χ4v) is 3.16. The molecule has 1 aromatic carbocycles. The summed E-state index contributed by atoms with van der Waals surface area (Å²) in [5.74, 6) is -0.278. The minimum Gasteiger partial charge on any atom is -0.466 e. The van der Waals surface area contributed by atoms with Crippen LogP contribution in [0.1, 0.15) is 39.2 Å². The number of hydrogen-bond donors (Lipinski definition) is 0. The zero-order valence-electron chi connectivity index (χ0n) is 12.8. The van der Waals surface area contributed by atoms with Crippen molar-refractivity contribution < 1.29 is 9.53 Å². The maximum atomic E-state index is 11.7. The molecule has 0 saturated carbocycles. The van der Waals surface area contributed by atoms with E-state index in [4.69, 9.17) is 51.1 Å². The van der Waals surface area contributed by atoms with Crippen molar-refractivity contribution in [3.8, 4) is 0 Å². The largest absolute Gasteiger partial charge is 0.466 e. The van der Waals surface area contributed by atoms with Gasteiger partial charge in [-0.15, -0.1) is 11.6 Å². The molecule has 0 amide bonds. The zero-order chi connectivity index (χ0) is 17.0. The van der Waals surface area contributed by atoms with Crippen LogP contribution in [0, 0.1) is 5.41 Å². The van der Waals surface area contributed by atoms with Gasteiger partial charge in [-0.25, -0.2) is 0 Å². The Hall–Kier alpha value is -0.150. The number of halogens is 4. The van der Waals surface area contributed by atoms with Crippen LogP contribution >= 0.6 is 46.4 Å². The first-order valence-corrected chi connectivity index (χ1v) is 8.59. The van der Waals surface area contributed by atoms with Gasteiger partial charge in [0.05, 0.1) is 13.0 Å². The van der Waals surface area contributed by atoms with Crippen molar-refractivity contribution in [3.05, 3.63) is 34.9 Å². The van der Waals surface area contributed by atoms with Crippen LogP contribution < -0.4 is 0 Å². The molecule has 1 rings (SSSR count). The molecule has 124 valence electrons. The summed E-state index contributed by atoms with van der Waals surface area (Å²) in [5, 5.41) is 0.209. The highest BCUT2D eigenvalue weighted by atomic mass is 35.5. The number of ether oxygens (including phenoxy) is 1. The van der Waals surface area contributed by atoms with E-state index in [0.29, 0.717) is 18.1 Å². The number of alkyl halides is 3. The summed E-state index contributed by atoms with van der Waals surface area (Å²) in [7, 11) is 0. The van der Waals surface area contributed by atoms with Gasteiger partial charge in [0.2, 0.25) is 0 Å². The summed E-state index contributed by atoms with van der Waals surface area (Å²) in [6.07, 6.45) is 0.505. The number of rotatable bonds is 7. The molecule has 0 aromatic heterocycles. The molecular formula is C16H20Cl4O2. The van der Waals surface area contributed by atoms with Crippen LogP contribution in [-0.2, 0) is 13.9 Å². The van der Waals surface area contributed by atoms with E-state index in [2.05, 4.69) is 0 Å². The van der Waals surface area contributed by atoms with Crippen molar-refractivity contribution in [2.24, 2.45) is 5.41 Å². The molecular weight excluding hydrogens is 366 g/mol. The van der Waals surface area contributed by atoms with Gasteiger partial charge in [-0.05, 0) is 30.0 Å². The van der Waals surface area contributed by atoms with Crippen molar-refractivity contribution in [2.45, 2.75) is 43.3 Å². The Kier molecular flexibility index (Phi) is 7.32. The van der Waals surface area contributed by atoms with Gasteiger partial charge in [0.25, 0.3) is 0 Å². The van der Waals surface area contributed by atoms with Crippen molar-refractivity contribution in [1.29, 1.82) is 0 Å². The lowest BCUT2D eigenvalue weighted by atomic mass is 9.82. The van der Waals surface area contributed by atoms with Crippen molar-refractivity contribution in [2.75, 3.05) is 6.61 Å². The molecule has 0 aliphatic heterocycles. The normalized spacial score (nSPS) is 13.8. The Labute approximate surface area is 152 Å². The van der Waals surface area contributed by atoms with Crippen LogP contribution in [0.5, 0.6) is 0 Å². The molecule has 6 heteroatoms. The van der Waals surface area contributed by atoms with E-state index < -0.39 is 15.1 Å². The topological polar surface area (TPSA) is 26.3 Å². The second-order valence-electron chi connectivity index (χ2n) is 5.85. The molecule has 0 bridgehead atoms. The van der Waals surface area contributed by atoms with Gasteiger partial charge in [0.15, 0.2) is 0 Å². The summed E-state index contributed by atoms with van der Waals surface area (Å²) in [6, 6.07) is 6.99. The first-order chi connectivity index (χ1) is 10.1. The maximum absolute atomic E-state index is 11.7. The number of hydrogen-bond acceptors (Lipinski definition) is 2. The van der Waals surface area contributed by atoms with Gasteiger partial charge >= 0.3 is 5.97 Å². The summed E-state index contributed by atoms with van der Waals surface area (Å²) in [6.45, 7) is 5.91. The standard InChI is InChI=1S/C16H20Cl4O2/c1-4-22-14(21)10-15(2,3)13(18)9-16(19,20)11-5-7-12(17)8-6-11/h5-8,13H,4,9-10H2,1-3H3. The molecule has 0 saturated heterocycles. The molecule has 0 aliphatic carbocycles. The molecule has 0 fully saturated rings. The Bertz CT molecular complexity index is 497. The number of benzene rings is 1. The number of carbonyl (C=O) groups excluding carboxylic acids is 1. The quantitative estimate of drug-likeness (QED) is 0.428. The van der Waals surface area contributed by atoms with E-state index in [9.17, 15) is 4.79 Å². The highest BCUT2D eigenvalue weighted by Gasteiger charge is 2.38. The first kappa shape index (κ1) is 19.9.